The minimum absolute atomic E-state index is 0.00750. The molecule has 2 heterocycles. The average Bonchev–Trinajstić information content (AvgIpc) is 2.70. The van der Waals surface area contributed by atoms with Crippen molar-refractivity contribution in [1.82, 2.24) is 4.90 Å². The van der Waals surface area contributed by atoms with Crippen molar-refractivity contribution in [2.45, 2.75) is 25.1 Å². The maximum atomic E-state index is 14.2. The number of nitrogens with zero attached hydrogens (tertiary/aromatic N) is 1. The highest BCUT2D eigenvalue weighted by Gasteiger charge is 2.39. The molecule has 1 saturated heterocycles. The van der Waals surface area contributed by atoms with E-state index in [-0.39, 0.29) is 37.8 Å². The number of benzene rings is 2. The van der Waals surface area contributed by atoms with Crippen LogP contribution in [0.4, 0.5) is 18.0 Å². The second kappa shape index (κ2) is 7.67. The van der Waals surface area contributed by atoms with Crippen molar-refractivity contribution in [2.24, 2.45) is 0 Å². The second-order valence-electron chi connectivity index (χ2n) is 6.83. The molecule has 2 aliphatic heterocycles. The summed E-state index contributed by atoms with van der Waals surface area (Å²) in [6, 6.07) is 10.6. The molecule has 0 spiro atoms. The fourth-order valence-corrected chi connectivity index (χ4v) is 3.65. The zero-order chi connectivity index (χ0) is 19.7. The van der Waals surface area contributed by atoms with E-state index in [4.69, 9.17) is 9.47 Å². The van der Waals surface area contributed by atoms with E-state index in [9.17, 15) is 18.0 Å². The van der Waals surface area contributed by atoms with Crippen LogP contribution in [0.25, 0.3) is 5.57 Å². The zero-order valence-electron chi connectivity index (χ0n) is 14.9. The molecular formula is C21H18F3NO3. The van der Waals surface area contributed by atoms with E-state index in [1.54, 1.807) is 11.0 Å². The lowest BCUT2D eigenvalue weighted by Gasteiger charge is -2.43. The highest BCUT2D eigenvalue weighted by molar-refractivity contribution is 5.74. The van der Waals surface area contributed by atoms with Crippen molar-refractivity contribution >= 4 is 11.7 Å². The molecule has 0 aromatic heterocycles. The first kappa shape index (κ1) is 18.6. The molecule has 2 unspecified atom stereocenters. The number of halogens is 3. The summed E-state index contributed by atoms with van der Waals surface area (Å²) in [6.45, 7) is 0.635. The van der Waals surface area contributed by atoms with Gasteiger partial charge in [0.15, 0.2) is 17.5 Å². The van der Waals surface area contributed by atoms with Gasteiger partial charge in [-0.1, -0.05) is 36.4 Å². The molecule has 0 N–H and O–H groups in total. The standard InChI is InChI=1S/C21H18F3NO3/c22-18-7-6-17(19(23)20(18)24)14-8-15-11-27-12-16(9-14)25(15)21(26)28-10-13-4-2-1-3-5-13/h1-8,15-16H,9-12H2. The van der Waals surface area contributed by atoms with Crippen LogP contribution in [0.1, 0.15) is 17.5 Å². The van der Waals surface area contributed by atoms with Gasteiger partial charge >= 0.3 is 6.09 Å². The minimum atomic E-state index is -1.50. The van der Waals surface area contributed by atoms with Crippen LogP contribution in [0, 0.1) is 17.5 Å². The number of hydrogen-bond donors (Lipinski definition) is 0. The Morgan fingerprint density at radius 2 is 1.86 bits per heavy atom. The molecule has 0 radical (unpaired) electrons. The van der Waals surface area contributed by atoms with E-state index in [1.807, 2.05) is 30.3 Å². The molecule has 146 valence electrons. The van der Waals surface area contributed by atoms with Crippen LogP contribution in [0.3, 0.4) is 0 Å². The lowest BCUT2D eigenvalue weighted by molar-refractivity contribution is -0.0342. The van der Waals surface area contributed by atoms with Crippen molar-refractivity contribution in [3.8, 4) is 0 Å². The van der Waals surface area contributed by atoms with Gasteiger partial charge in [0.25, 0.3) is 0 Å². The Morgan fingerprint density at radius 3 is 2.61 bits per heavy atom. The molecule has 2 atom stereocenters. The number of carbonyl (C=O) groups excluding carboxylic acids is 1. The number of carbonyl (C=O) groups is 1. The van der Waals surface area contributed by atoms with E-state index < -0.39 is 29.6 Å². The maximum Gasteiger partial charge on any atom is 0.411 e. The van der Waals surface area contributed by atoms with Gasteiger partial charge in [0, 0.05) is 5.56 Å². The summed E-state index contributed by atoms with van der Waals surface area (Å²) in [5.41, 5.74) is 1.41. The minimum Gasteiger partial charge on any atom is -0.445 e. The lowest BCUT2D eigenvalue weighted by atomic mass is 9.89. The number of hydrogen-bond acceptors (Lipinski definition) is 3. The zero-order valence-corrected chi connectivity index (χ0v) is 14.9. The summed E-state index contributed by atoms with van der Waals surface area (Å²) < 4.78 is 52.0. The number of ether oxygens (including phenoxy) is 2. The van der Waals surface area contributed by atoms with Crippen LogP contribution >= 0.6 is 0 Å². The van der Waals surface area contributed by atoms with Crippen LogP contribution < -0.4 is 0 Å². The Balaban J connectivity index is 1.54. The van der Waals surface area contributed by atoms with Crippen molar-refractivity contribution in [3.63, 3.8) is 0 Å². The van der Waals surface area contributed by atoms with Crippen molar-refractivity contribution in [2.75, 3.05) is 13.2 Å². The van der Waals surface area contributed by atoms with Crippen molar-refractivity contribution in [1.29, 1.82) is 0 Å². The van der Waals surface area contributed by atoms with E-state index in [2.05, 4.69) is 0 Å². The summed E-state index contributed by atoms with van der Waals surface area (Å²) in [6.07, 6.45) is 1.44. The summed E-state index contributed by atoms with van der Waals surface area (Å²) in [5, 5.41) is 0. The number of rotatable bonds is 3. The summed E-state index contributed by atoms with van der Waals surface area (Å²) in [7, 11) is 0. The monoisotopic (exact) mass is 389 g/mol. The molecule has 4 rings (SSSR count). The molecule has 0 saturated carbocycles. The smallest absolute Gasteiger partial charge is 0.411 e. The molecule has 0 aliphatic carbocycles. The van der Waals surface area contributed by atoms with Crippen LogP contribution in [0.5, 0.6) is 0 Å². The molecule has 2 bridgehead atoms. The third-order valence-corrected chi connectivity index (χ3v) is 5.00. The van der Waals surface area contributed by atoms with Crippen LogP contribution in [0.15, 0.2) is 48.5 Å². The summed E-state index contributed by atoms with van der Waals surface area (Å²) in [4.78, 5) is 14.2. The van der Waals surface area contributed by atoms with Gasteiger partial charge in [-0.25, -0.2) is 18.0 Å². The van der Waals surface area contributed by atoms with Gasteiger partial charge in [-0.2, -0.15) is 0 Å². The number of fused-ring (bicyclic) bond motifs is 2. The number of morpholine rings is 1. The third kappa shape index (κ3) is 3.49. The SMILES string of the molecule is O=C(OCc1ccccc1)N1C2C=C(c3ccc(F)c(F)c3F)CC1COC2. The highest BCUT2D eigenvalue weighted by atomic mass is 19.2. The Hall–Kier alpha value is -2.80. The Bertz CT molecular complexity index is 917. The molecule has 2 aliphatic rings. The fourth-order valence-electron chi connectivity index (χ4n) is 3.65. The van der Waals surface area contributed by atoms with Gasteiger partial charge in [-0.15, -0.1) is 0 Å². The molecule has 2 aromatic rings. The van der Waals surface area contributed by atoms with Crippen LogP contribution in [-0.4, -0.2) is 36.3 Å². The molecule has 7 heteroatoms. The van der Waals surface area contributed by atoms with Gasteiger partial charge in [-0.3, -0.25) is 4.90 Å². The molecule has 1 amide bonds. The van der Waals surface area contributed by atoms with E-state index in [0.717, 1.165) is 11.6 Å². The Labute approximate surface area is 160 Å². The van der Waals surface area contributed by atoms with Gasteiger partial charge in [0.05, 0.1) is 25.3 Å². The fraction of sp³-hybridized carbons (Fsp3) is 0.286. The topological polar surface area (TPSA) is 38.8 Å². The van der Waals surface area contributed by atoms with Crippen LogP contribution in [-0.2, 0) is 16.1 Å². The van der Waals surface area contributed by atoms with Gasteiger partial charge in [0.1, 0.15) is 6.61 Å². The summed E-state index contributed by atoms with van der Waals surface area (Å²) >= 11 is 0. The largest absolute Gasteiger partial charge is 0.445 e. The summed E-state index contributed by atoms with van der Waals surface area (Å²) in [5.74, 6) is -3.94. The first-order chi connectivity index (χ1) is 13.5. The highest BCUT2D eigenvalue weighted by Crippen LogP contribution is 2.35. The normalized spacial score (nSPS) is 21.2. The first-order valence-corrected chi connectivity index (χ1v) is 8.96. The van der Waals surface area contributed by atoms with Gasteiger partial charge in [0.2, 0.25) is 0 Å². The molecular weight excluding hydrogens is 371 g/mol. The number of amides is 1. The third-order valence-electron chi connectivity index (χ3n) is 5.00. The van der Waals surface area contributed by atoms with Crippen LogP contribution in [0.2, 0.25) is 0 Å². The molecule has 1 fully saturated rings. The second-order valence-corrected chi connectivity index (χ2v) is 6.83. The first-order valence-electron chi connectivity index (χ1n) is 8.96. The van der Waals surface area contributed by atoms with Crippen molar-refractivity contribution in [3.05, 3.63) is 77.1 Å². The van der Waals surface area contributed by atoms with E-state index >= 15 is 0 Å². The van der Waals surface area contributed by atoms with Crippen molar-refractivity contribution < 1.29 is 27.4 Å². The predicted molar refractivity (Wildman–Crippen MR) is 95.8 cm³/mol. The Kier molecular flexibility index (Phi) is 5.09. The van der Waals surface area contributed by atoms with E-state index in [1.165, 1.54) is 6.07 Å². The quantitative estimate of drug-likeness (QED) is 0.735. The predicted octanol–water partition coefficient (Wildman–Crippen LogP) is 4.30. The average molecular weight is 389 g/mol. The van der Waals surface area contributed by atoms with Gasteiger partial charge < -0.3 is 9.47 Å². The maximum absolute atomic E-state index is 14.2. The van der Waals surface area contributed by atoms with Gasteiger partial charge in [-0.05, 0) is 29.7 Å². The lowest BCUT2D eigenvalue weighted by Crippen LogP contribution is -2.56. The molecule has 4 nitrogen and oxygen atoms in total. The molecule has 28 heavy (non-hydrogen) atoms. The molecule has 2 aromatic carbocycles. The van der Waals surface area contributed by atoms with E-state index in [0.29, 0.717) is 5.57 Å². The Morgan fingerprint density at radius 1 is 1.07 bits per heavy atom.